The molecule has 0 radical (unpaired) electrons. The summed E-state index contributed by atoms with van der Waals surface area (Å²) < 4.78 is 5.11. The fourth-order valence-electron chi connectivity index (χ4n) is 1.94. The van der Waals surface area contributed by atoms with Gasteiger partial charge in [-0.25, -0.2) is 5.43 Å². The van der Waals surface area contributed by atoms with Crippen LogP contribution in [0.15, 0.2) is 53.6 Å². The number of benzene rings is 2. The lowest BCUT2D eigenvalue weighted by atomic mass is 10.1. The fourth-order valence-corrected chi connectivity index (χ4v) is 1.94. The quantitative estimate of drug-likeness (QED) is 0.637. The third-order valence-corrected chi connectivity index (χ3v) is 3.36. The lowest BCUT2D eigenvalue weighted by Gasteiger charge is -2.07. The summed E-state index contributed by atoms with van der Waals surface area (Å²) in [6.45, 7) is 4.03. The molecular formula is C18H21N3O2. The summed E-state index contributed by atoms with van der Waals surface area (Å²) in [7, 11) is 1.62. The summed E-state index contributed by atoms with van der Waals surface area (Å²) in [5, 5.41) is 7.16. The highest BCUT2D eigenvalue weighted by Gasteiger charge is 2.02. The summed E-state index contributed by atoms with van der Waals surface area (Å²) in [5.41, 5.74) is 6.29. The van der Waals surface area contributed by atoms with Crippen LogP contribution in [0.1, 0.15) is 18.1 Å². The first-order valence-electron chi connectivity index (χ1n) is 7.36. The van der Waals surface area contributed by atoms with E-state index in [0.29, 0.717) is 0 Å². The Morgan fingerprint density at radius 3 is 2.35 bits per heavy atom. The molecule has 0 saturated carbocycles. The predicted molar refractivity (Wildman–Crippen MR) is 93.0 cm³/mol. The van der Waals surface area contributed by atoms with Crippen LogP contribution in [0.2, 0.25) is 0 Å². The molecule has 0 unspecified atom stereocenters. The molecule has 2 aromatic rings. The van der Waals surface area contributed by atoms with Crippen LogP contribution in [0.25, 0.3) is 0 Å². The predicted octanol–water partition coefficient (Wildman–Crippen LogP) is 2.96. The largest absolute Gasteiger partial charge is 0.497 e. The molecule has 0 heterocycles. The molecule has 23 heavy (non-hydrogen) atoms. The van der Waals surface area contributed by atoms with Crippen LogP contribution in [0, 0.1) is 6.92 Å². The van der Waals surface area contributed by atoms with E-state index in [1.807, 2.05) is 62.4 Å². The molecule has 0 bridgehead atoms. The minimum Gasteiger partial charge on any atom is -0.497 e. The Morgan fingerprint density at radius 2 is 1.74 bits per heavy atom. The van der Waals surface area contributed by atoms with Crippen molar-refractivity contribution in [3.63, 3.8) is 0 Å². The standard InChI is InChI=1S/C18H21N3O2/c1-13-4-8-16(9-5-13)19-12-18(22)21-20-14(2)15-6-10-17(23-3)11-7-15/h4-11,19H,12H2,1-3H3,(H,21,22)/b20-14+. The Balaban J connectivity index is 1.85. The number of nitrogens with one attached hydrogen (secondary N) is 2. The average Bonchev–Trinajstić information content (AvgIpc) is 2.59. The number of nitrogens with zero attached hydrogens (tertiary/aromatic N) is 1. The van der Waals surface area contributed by atoms with Crippen molar-refractivity contribution in [1.29, 1.82) is 0 Å². The van der Waals surface area contributed by atoms with Crippen LogP contribution in [-0.2, 0) is 4.79 Å². The van der Waals surface area contributed by atoms with E-state index in [9.17, 15) is 4.79 Å². The summed E-state index contributed by atoms with van der Waals surface area (Å²) in [5.74, 6) is 0.589. The van der Waals surface area contributed by atoms with E-state index < -0.39 is 0 Å². The van der Waals surface area contributed by atoms with Crippen LogP contribution >= 0.6 is 0 Å². The molecule has 2 N–H and O–H groups in total. The van der Waals surface area contributed by atoms with Crippen LogP contribution in [0.3, 0.4) is 0 Å². The second-order valence-corrected chi connectivity index (χ2v) is 5.18. The minimum absolute atomic E-state index is 0.169. The SMILES string of the molecule is COc1ccc(/C(C)=N/NC(=O)CNc2ccc(C)cc2)cc1. The number of carbonyl (C=O) groups is 1. The van der Waals surface area contributed by atoms with Crippen molar-refractivity contribution in [3.8, 4) is 5.75 Å². The molecule has 120 valence electrons. The highest BCUT2D eigenvalue weighted by Crippen LogP contribution is 2.11. The van der Waals surface area contributed by atoms with Crippen LogP contribution in [0.4, 0.5) is 5.69 Å². The maximum absolute atomic E-state index is 11.8. The van der Waals surface area contributed by atoms with Gasteiger partial charge < -0.3 is 10.1 Å². The molecule has 0 aliphatic carbocycles. The van der Waals surface area contributed by atoms with Crippen molar-refractivity contribution in [2.75, 3.05) is 19.0 Å². The molecule has 0 atom stereocenters. The monoisotopic (exact) mass is 311 g/mol. The first-order chi connectivity index (χ1) is 11.1. The number of ether oxygens (including phenoxy) is 1. The maximum Gasteiger partial charge on any atom is 0.259 e. The summed E-state index contributed by atoms with van der Waals surface area (Å²) in [4.78, 5) is 11.8. The smallest absolute Gasteiger partial charge is 0.259 e. The molecule has 5 nitrogen and oxygen atoms in total. The molecule has 0 aromatic heterocycles. The minimum atomic E-state index is -0.196. The van der Waals surface area contributed by atoms with Gasteiger partial charge in [-0.3, -0.25) is 4.79 Å². The number of aryl methyl sites for hydroxylation is 1. The topological polar surface area (TPSA) is 62.7 Å². The molecule has 0 fully saturated rings. The number of hydrogen-bond acceptors (Lipinski definition) is 4. The van der Waals surface area contributed by atoms with Gasteiger partial charge in [0, 0.05) is 5.69 Å². The highest BCUT2D eigenvalue weighted by molar-refractivity contribution is 5.99. The summed E-state index contributed by atoms with van der Waals surface area (Å²) in [6, 6.07) is 15.4. The molecule has 0 aliphatic rings. The number of hydrogen-bond donors (Lipinski definition) is 2. The van der Waals surface area contributed by atoms with Gasteiger partial charge in [-0.2, -0.15) is 5.10 Å². The van der Waals surface area contributed by atoms with E-state index in [2.05, 4.69) is 15.8 Å². The van der Waals surface area contributed by atoms with Gasteiger partial charge in [-0.15, -0.1) is 0 Å². The van der Waals surface area contributed by atoms with Crippen LogP contribution < -0.4 is 15.5 Å². The summed E-state index contributed by atoms with van der Waals surface area (Å²) in [6.07, 6.45) is 0. The van der Waals surface area contributed by atoms with Gasteiger partial charge in [-0.05, 0) is 55.8 Å². The molecule has 0 spiro atoms. The van der Waals surface area contributed by atoms with Gasteiger partial charge in [0.25, 0.3) is 5.91 Å². The molecule has 5 heteroatoms. The van der Waals surface area contributed by atoms with Crippen molar-refractivity contribution in [2.45, 2.75) is 13.8 Å². The van der Waals surface area contributed by atoms with Crippen LogP contribution in [0.5, 0.6) is 5.75 Å². The Kier molecular flexibility index (Phi) is 5.74. The zero-order valence-electron chi connectivity index (χ0n) is 13.6. The first-order valence-corrected chi connectivity index (χ1v) is 7.36. The van der Waals surface area contributed by atoms with E-state index in [1.165, 1.54) is 5.56 Å². The lowest BCUT2D eigenvalue weighted by Crippen LogP contribution is -2.26. The lowest BCUT2D eigenvalue weighted by molar-refractivity contribution is -0.119. The molecular weight excluding hydrogens is 290 g/mol. The zero-order chi connectivity index (χ0) is 16.7. The van der Waals surface area contributed by atoms with E-state index >= 15 is 0 Å². The fraction of sp³-hybridized carbons (Fsp3) is 0.222. The van der Waals surface area contributed by atoms with Crippen molar-refractivity contribution in [1.82, 2.24) is 5.43 Å². The highest BCUT2D eigenvalue weighted by atomic mass is 16.5. The first kappa shape index (κ1) is 16.5. The number of carbonyl (C=O) groups excluding carboxylic acids is 1. The number of amides is 1. The van der Waals surface area contributed by atoms with E-state index in [4.69, 9.17) is 4.74 Å². The Morgan fingerprint density at radius 1 is 1.09 bits per heavy atom. The van der Waals surface area contributed by atoms with E-state index in [0.717, 1.165) is 22.7 Å². The Labute approximate surface area is 136 Å². The third kappa shape index (κ3) is 5.14. The van der Waals surface area contributed by atoms with Crippen LogP contribution in [-0.4, -0.2) is 25.3 Å². The summed E-state index contributed by atoms with van der Waals surface area (Å²) >= 11 is 0. The van der Waals surface area contributed by atoms with Gasteiger partial charge in [0.2, 0.25) is 0 Å². The maximum atomic E-state index is 11.8. The zero-order valence-corrected chi connectivity index (χ0v) is 13.6. The molecule has 2 aromatic carbocycles. The molecule has 0 saturated heterocycles. The molecule has 1 amide bonds. The van der Waals surface area contributed by atoms with E-state index in [-0.39, 0.29) is 12.5 Å². The van der Waals surface area contributed by atoms with Crippen molar-refractivity contribution < 1.29 is 9.53 Å². The number of hydrazone groups is 1. The van der Waals surface area contributed by atoms with Gasteiger partial charge in [-0.1, -0.05) is 17.7 Å². The van der Waals surface area contributed by atoms with Crippen molar-refractivity contribution >= 4 is 17.3 Å². The number of methoxy groups -OCH3 is 1. The second-order valence-electron chi connectivity index (χ2n) is 5.18. The van der Waals surface area contributed by atoms with Gasteiger partial charge in [0.05, 0.1) is 19.4 Å². The van der Waals surface area contributed by atoms with Crippen molar-refractivity contribution in [2.24, 2.45) is 5.10 Å². The van der Waals surface area contributed by atoms with Gasteiger partial charge in [0.1, 0.15) is 5.75 Å². The normalized spacial score (nSPS) is 11.0. The van der Waals surface area contributed by atoms with Crippen molar-refractivity contribution in [3.05, 3.63) is 59.7 Å². The molecule has 2 rings (SSSR count). The number of anilines is 1. The van der Waals surface area contributed by atoms with Gasteiger partial charge in [0.15, 0.2) is 0 Å². The second kappa shape index (κ2) is 7.98. The molecule has 0 aliphatic heterocycles. The average molecular weight is 311 g/mol. The van der Waals surface area contributed by atoms with Gasteiger partial charge >= 0.3 is 0 Å². The van der Waals surface area contributed by atoms with E-state index in [1.54, 1.807) is 7.11 Å². The number of rotatable bonds is 6. The third-order valence-electron chi connectivity index (χ3n) is 3.36. The Hall–Kier alpha value is -2.82. The Bertz CT molecular complexity index is 676.